The molecule has 0 bridgehead atoms. The normalized spacial score (nSPS) is 25.9. The molecule has 0 aliphatic carbocycles. The van der Waals surface area contributed by atoms with Crippen LogP contribution in [0, 0.1) is 0 Å². The van der Waals surface area contributed by atoms with E-state index in [-0.39, 0.29) is 23.5 Å². The van der Waals surface area contributed by atoms with Crippen molar-refractivity contribution in [3.63, 3.8) is 0 Å². The van der Waals surface area contributed by atoms with Gasteiger partial charge in [0.2, 0.25) is 0 Å². The molecule has 0 aromatic heterocycles. The molecule has 2 saturated heterocycles. The highest BCUT2D eigenvalue weighted by atomic mass is 32.2. The molecule has 1 spiro atoms. The van der Waals surface area contributed by atoms with Crippen LogP contribution in [0.4, 0.5) is 0 Å². The molecule has 2 aliphatic heterocycles. The molecule has 1 N–H and O–H groups in total. The number of ether oxygens (including phenoxy) is 1. The fourth-order valence-corrected chi connectivity index (χ4v) is 4.89. The molecule has 0 aromatic carbocycles. The third-order valence-corrected chi connectivity index (χ3v) is 5.86. The maximum absolute atomic E-state index is 12.2. The second-order valence-electron chi connectivity index (χ2n) is 4.85. The lowest BCUT2D eigenvalue weighted by atomic mass is 9.92. The first kappa shape index (κ1) is 14.8. The molecular formula is C13H18O4S2. The van der Waals surface area contributed by atoms with Gasteiger partial charge in [0.15, 0.2) is 5.78 Å². The van der Waals surface area contributed by atoms with Gasteiger partial charge in [-0.25, -0.2) is 4.79 Å². The topological polar surface area (TPSA) is 63.6 Å². The van der Waals surface area contributed by atoms with Gasteiger partial charge >= 0.3 is 5.97 Å². The smallest absolute Gasteiger partial charge is 0.345 e. The average molecular weight is 302 g/mol. The Morgan fingerprint density at radius 1 is 1.32 bits per heavy atom. The second kappa shape index (κ2) is 6.22. The number of esters is 1. The summed E-state index contributed by atoms with van der Waals surface area (Å²) in [6.45, 7) is 1.88. The van der Waals surface area contributed by atoms with Crippen molar-refractivity contribution in [1.29, 1.82) is 0 Å². The Morgan fingerprint density at radius 2 is 1.95 bits per heavy atom. The van der Waals surface area contributed by atoms with E-state index in [0.29, 0.717) is 24.3 Å². The van der Waals surface area contributed by atoms with Crippen LogP contribution in [-0.2, 0) is 14.3 Å². The lowest BCUT2D eigenvalue weighted by molar-refractivity contribution is -0.158. The number of hydrogen-bond acceptors (Lipinski definition) is 6. The number of thioether (sulfide) groups is 2. The van der Waals surface area contributed by atoms with Crippen molar-refractivity contribution in [3.8, 4) is 0 Å². The fourth-order valence-electron chi connectivity index (χ4n) is 2.26. The Morgan fingerprint density at radius 3 is 2.47 bits per heavy atom. The molecule has 0 radical (unpaired) electrons. The Labute approximate surface area is 121 Å². The van der Waals surface area contributed by atoms with Crippen LogP contribution in [0.15, 0.2) is 11.3 Å². The number of allylic oxidation sites excluding steroid dienone is 1. The van der Waals surface area contributed by atoms with E-state index in [1.807, 2.05) is 6.92 Å². The molecule has 0 atom stereocenters. The predicted molar refractivity (Wildman–Crippen MR) is 77.7 cm³/mol. The van der Waals surface area contributed by atoms with Gasteiger partial charge in [-0.2, -0.15) is 23.5 Å². The summed E-state index contributed by atoms with van der Waals surface area (Å²) in [7, 11) is 0. The Balaban J connectivity index is 2.20. The standard InChI is InChI=1S/C13H18O4S2/c1-2-3-9(14)11-10(15)6-13(17-12(11)16)7-18-4-5-19-8-13/h14H,2-8H2,1H3/b11-9-. The summed E-state index contributed by atoms with van der Waals surface area (Å²) in [5.74, 6) is 2.32. The number of aliphatic hydroxyl groups excluding tert-OH is 1. The average Bonchev–Trinajstić information content (AvgIpc) is 2.54. The summed E-state index contributed by atoms with van der Waals surface area (Å²) in [5.41, 5.74) is -0.803. The van der Waals surface area contributed by atoms with Crippen LogP contribution in [0.2, 0.25) is 0 Å². The van der Waals surface area contributed by atoms with Crippen molar-refractivity contribution in [2.24, 2.45) is 0 Å². The predicted octanol–water partition coefficient (Wildman–Crippen LogP) is 2.33. The molecule has 0 aromatic rings. The molecule has 2 aliphatic rings. The first-order valence-corrected chi connectivity index (χ1v) is 8.73. The maximum Gasteiger partial charge on any atom is 0.345 e. The van der Waals surface area contributed by atoms with Gasteiger partial charge in [0.05, 0.1) is 6.42 Å². The summed E-state index contributed by atoms with van der Waals surface area (Å²) < 4.78 is 5.53. The number of carbonyl (C=O) groups excluding carboxylic acids is 2. The van der Waals surface area contributed by atoms with Gasteiger partial charge in [-0.15, -0.1) is 0 Å². The number of rotatable bonds is 2. The van der Waals surface area contributed by atoms with E-state index in [1.165, 1.54) is 0 Å². The molecule has 4 nitrogen and oxygen atoms in total. The summed E-state index contributed by atoms with van der Waals surface area (Å²) in [6.07, 6.45) is 1.22. The summed E-state index contributed by atoms with van der Waals surface area (Å²) >= 11 is 3.43. The van der Waals surface area contributed by atoms with E-state index < -0.39 is 11.6 Å². The van der Waals surface area contributed by atoms with Gasteiger partial charge in [-0.05, 0) is 6.42 Å². The van der Waals surface area contributed by atoms with Crippen LogP contribution in [0.1, 0.15) is 26.2 Å². The molecule has 106 valence electrons. The number of aliphatic hydroxyl groups is 1. The Hall–Kier alpha value is -0.620. The van der Waals surface area contributed by atoms with E-state index in [9.17, 15) is 14.7 Å². The minimum Gasteiger partial charge on any atom is -0.511 e. The van der Waals surface area contributed by atoms with Crippen LogP contribution in [-0.4, -0.2) is 45.5 Å². The van der Waals surface area contributed by atoms with Crippen molar-refractivity contribution in [1.82, 2.24) is 0 Å². The van der Waals surface area contributed by atoms with Gasteiger partial charge in [-0.3, -0.25) is 4.79 Å². The largest absolute Gasteiger partial charge is 0.511 e. The van der Waals surface area contributed by atoms with Crippen LogP contribution in [0.25, 0.3) is 0 Å². The fraction of sp³-hybridized carbons (Fsp3) is 0.692. The van der Waals surface area contributed by atoms with Crippen molar-refractivity contribution in [2.75, 3.05) is 23.0 Å². The number of carbonyl (C=O) groups is 2. The maximum atomic E-state index is 12.2. The first-order valence-electron chi connectivity index (χ1n) is 6.42. The zero-order valence-corrected chi connectivity index (χ0v) is 12.6. The van der Waals surface area contributed by atoms with Crippen molar-refractivity contribution in [3.05, 3.63) is 11.3 Å². The molecule has 19 heavy (non-hydrogen) atoms. The first-order chi connectivity index (χ1) is 9.08. The van der Waals surface area contributed by atoms with Crippen LogP contribution < -0.4 is 0 Å². The van der Waals surface area contributed by atoms with Crippen LogP contribution in [0.3, 0.4) is 0 Å². The van der Waals surface area contributed by atoms with Crippen LogP contribution >= 0.6 is 23.5 Å². The number of ketones is 1. The third kappa shape index (κ3) is 3.28. The highest BCUT2D eigenvalue weighted by molar-refractivity contribution is 8.03. The highest BCUT2D eigenvalue weighted by Crippen LogP contribution is 2.36. The Bertz CT molecular complexity index is 387. The van der Waals surface area contributed by atoms with Gasteiger partial charge in [0.1, 0.15) is 16.9 Å². The number of Topliss-reactive ketones (excluding diaryl/α,β-unsaturated/α-hetero) is 1. The molecule has 2 fully saturated rings. The molecule has 2 heterocycles. The Kier molecular flexibility index (Phi) is 4.84. The van der Waals surface area contributed by atoms with E-state index in [1.54, 1.807) is 23.5 Å². The summed E-state index contributed by atoms with van der Waals surface area (Å²) in [4.78, 5) is 24.2. The highest BCUT2D eigenvalue weighted by Gasteiger charge is 2.45. The molecular weight excluding hydrogens is 284 g/mol. The summed E-state index contributed by atoms with van der Waals surface area (Å²) in [5, 5.41) is 9.80. The van der Waals surface area contributed by atoms with Gasteiger partial charge in [0.25, 0.3) is 0 Å². The van der Waals surface area contributed by atoms with E-state index in [0.717, 1.165) is 11.5 Å². The molecule has 0 saturated carbocycles. The van der Waals surface area contributed by atoms with Gasteiger partial charge in [-0.1, -0.05) is 6.92 Å². The quantitative estimate of drug-likeness (QED) is 0.365. The van der Waals surface area contributed by atoms with Crippen molar-refractivity contribution >= 4 is 35.3 Å². The lowest BCUT2D eigenvalue weighted by Crippen LogP contribution is -2.48. The SMILES string of the molecule is CCC/C(O)=C1\C(=O)CC2(CSCCSC2)OC1=O. The minimum absolute atomic E-state index is 0.124. The second-order valence-corrected chi connectivity index (χ2v) is 7.06. The van der Waals surface area contributed by atoms with E-state index in [4.69, 9.17) is 4.74 Å². The number of hydrogen-bond donors (Lipinski definition) is 1. The monoisotopic (exact) mass is 302 g/mol. The lowest BCUT2D eigenvalue weighted by Gasteiger charge is -2.35. The van der Waals surface area contributed by atoms with Crippen LogP contribution in [0.5, 0.6) is 0 Å². The van der Waals surface area contributed by atoms with Crippen molar-refractivity contribution < 1.29 is 19.4 Å². The van der Waals surface area contributed by atoms with E-state index >= 15 is 0 Å². The minimum atomic E-state index is -0.671. The van der Waals surface area contributed by atoms with E-state index in [2.05, 4.69) is 0 Å². The third-order valence-electron chi connectivity index (χ3n) is 3.15. The zero-order valence-electron chi connectivity index (χ0n) is 10.9. The molecule has 0 unspecified atom stereocenters. The van der Waals surface area contributed by atoms with Crippen molar-refractivity contribution in [2.45, 2.75) is 31.8 Å². The summed E-state index contributed by atoms with van der Waals surface area (Å²) in [6, 6.07) is 0. The molecule has 0 amide bonds. The molecule has 6 heteroatoms. The molecule has 2 rings (SSSR count). The zero-order chi connectivity index (χ0) is 13.9. The van der Waals surface area contributed by atoms with Gasteiger partial charge < -0.3 is 9.84 Å². The van der Waals surface area contributed by atoms with Gasteiger partial charge in [0, 0.05) is 29.4 Å².